The topological polar surface area (TPSA) is 0 Å². The van der Waals surface area contributed by atoms with Crippen LogP contribution in [0.2, 0.25) is 0 Å². The molecule has 0 heteroatoms. The summed E-state index contributed by atoms with van der Waals surface area (Å²) in [6, 6.07) is 34.2. The van der Waals surface area contributed by atoms with Crippen molar-refractivity contribution in [2.45, 2.75) is 39.5 Å². The number of aryl methyl sites for hydroxylation is 4. The van der Waals surface area contributed by atoms with Crippen LogP contribution in [0, 0.1) is 27.7 Å². The molecule has 0 fully saturated rings. The predicted octanol–water partition coefficient (Wildman–Crippen LogP) is 8.09. The van der Waals surface area contributed by atoms with Crippen molar-refractivity contribution in [1.82, 2.24) is 0 Å². The first kappa shape index (κ1) is 20.5. The van der Waals surface area contributed by atoms with Gasteiger partial charge in [0, 0.05) is 5.41 Å². The maximum Gasteiger partial charge on any atom is 0.0492 e. The van der Waals surface area contributed by atoms with Crippen LogP contribution in [0.25, 0.3) is 5.57 Å². The van der Waals surface area contributed by atoms with Gasteiger partial charge in [0.1, 0.15) is 0 Å². The lowest BCUT2D eigenvalue weighted by Gasteiger charge is -2.40. The second-order valence-corrected chi connectivity index (χ2v) is 9.37. The molecular weight excluding hydrogens is 384 g/mol. The summed E-state index contributed by atoms with van der Waals surface area (Å²) in [7, 11) is 0. The zero-order valence-electron chi connectivity index (χ0n) is 19.4. The molecule has 0 nitrogen and oxygen atoms in total. The fourth-order valence-corrected chi connectivity index (χ4v) is 5.12. The Balaban J connectivity index is 1.80. The van der Waals surface area contributed by atoms with E-state index < -0.39 is 0 Å². The lowest BCUT2D eigenvalue weighted by Crippen LogP contribution is -2.32. The smallest absolute Gasteiger partial charge is 0.0492 e. The van der Waals surface area contributed by atoms with E-state index in [1.165, 1.54) is 55.6 Å². The van der Waals surface area contributed by atoms with Gasteiger partial charge in [-0.3, -0.25) is 0 Å². The molecule has 0 saturated carbocycles. The van der Waals surface area contributed by atoms with Gasteiger partial charge in [0.05, 0.1) is 0 Å². The van der Waals surface area contributed by atoms with Crippen LogP contribution >= 0.6 is 0 Å². The molecule has 0 atom stereocenters. The lowest BCUT2D eigenvalue weighted by atomic mass is 9.62. The van der Waals surface area contributed by atoms with Gasteiger partial charge in [-0.05, 0) is 67.5 Å². The minimum absolute atomic E-state index is 0.197. The van der Waals surface area contributed by atoms with E-state index in [1.807, 2.05) is 0 Å². The van der Waals surface area contributed by atoms with Crippen LogP contribution in [-0.2, 0) is 5.41 Å². The molecule has 0 radical (unpaired) electrons. The van der Waals surface area contributed by atoms with Crippen molar-refractivity contribution in [2.75, 3.05) is 0 Å². The van der Waals surface area contributed by atoms with Crippen molar-refractivity contribution in [1.29, 1.82) is 0 Å². The molecule has 0 unspecified atom stereocenters. The Kier molecular flexibility index (Phi) is 5.10. The number of fused-ring (bicyclic) bond motifs is 1. The summed E-state index contributed by atoms with van der Waals surface area (Å²) in [6.45, 7) is 8.68. The summed E-state index contributed by atoms with van der Waals surface area (Å²) in [6.07, 6.45) is 3.40. The summed E-state index contributed by atoms with van der Waals surface area (Å²) in [5.41, 5.74) is 13.1. The zero-order chi connectivity index (χ0) is 22.3. The normalized spacial score (nSPS) is 14.6. The van der Waals surface area contributed by atoms with Gasteiger partial charge in [-0.15, -0.1) is 0 Å². The molecule has 0 saturated heterocycles. The SMILES string of the molecule is Cc1ccc(C2=CCC(c3ccc(C)cc3)(c3ccc(C)cc3)c3cc(C)ccc32)cc1. The molecule has 5 rings (SSSR count). The Morgan fingerprint density at radius 1 is 0.531 bits per heavy atom. The third-order valence-electron chi connectivity index (χ3n) is 6.99. The van der Waals surface area contributed by atoms with E-state index in [9.17, 15) is 0 Å². The van der Waals surface area contributed by atoms with Gasteiger partial charge in [-0.25, -0.2) is 0 Å². The van der Waals surface area contributed by atoms with Crippen molar-refractivity contribution in [2.24, 2.45) is 0 Å². The van der Waals surface area contributed by atoms with Crippen molar-refractivity contribution in [3.05, 3.63) is 147 Å². The molecule has 0 N–H and O–H groups in total. The van der Waals surface area contributed by atoms with Gasteiger partial charge < -0.3 is 0 Å². The van der Waals surface area contributed by atoms with E-state index in [0.717, 1.165) is 6.42 Å². The van der Waals surface area contributed by atoms with Crippen LogP contribution in [0.4, 0.5) is 0 Å². The van der Waals surface area contributed by atoms with Crippen LogP contribution in [-0.4, -0.2) is 0 Å². The largest absolute Gasteiger partial charge is 0.0745 e. The molecule has 0 aromatic heterocycles. The quantitative estimate of drug-likeness (QED) is 0.318. The van der Waals surface area contributed by atoms with E-state index in [1.54, 1.807) is 0 Å². The van der Waals surface area contributed by atoms with Crippen LogP contribution in [0.5, 0.6) is 0 Å². The molecule has 0 amide bonds. The average molecular weight is 415 g/mol. The highest BCUT2D eigenvalue weighted by Gasteiger charge is 2.40. The maximum atomic E-state index is 2.46. The number of benzene rings is 4. The molecule has 0 bridgehead atoms. The van der Waals surface area contributed by atoms with Gasteiger partial charge in [0.25, 0.3) is 0 Å². The Morgan fingerprint density at radius 3 is 1.53 bits per heavy atom. The number of rotatable bonds is 3. The highest BCUT2D eigenvalue weighted by molar-refractivity contribution is 5.85. The number of hydrogen-bond donors (Lipinski definition) is 0. The van der Waals surface area contributed by atoms with Crippen LogP contribution in [0.1, 0.15) is 56.5 Å². The van der Waals surface area contributed by atoms with Crippen molar-refractivity contribution in [3.8, 4) is 0 Å². The fourth-order valence-electron chi connectivity index (χ4n) is 5.12. The van der Waals surface area contributed by atoms with Crippen molar-refractivity contribution in [3.63, 3.8) is 0 Å². The van der Waals surface area contributed by atoms with Gasteiger partial charge in [0.15, 0.2) is 0 Å². The zero-order valence-corrected chi connectivity index (χ0v) is 19.4. The van der Waals surface area contributed by atoms with Gasteiger partial charge >= 0.3 is 0 Å². The molecule has 4 aromatic rings. The molecule has 1 aliphatic rings. The molecule has 0 aliphatic heterocycles. The fraction of sp³-hybridized carbons (Fsp3) is 0.188. The Bertz CT molecular complexity index is 1240. The summed E-state index contributed by atoms with van der Waals surface area (Å²) >= 11 is 0. The second kappa shape index (κ2) is 7.95. The molecule has 0 spiro atoms. The Hall–Kier alpha value is -3.38. The predicted molar refractivity (Wildman–Crippen MR) is 136 cm³/mol. The van der Waals surface area contributed by atoms with Gasteiger partial charge in [-0.2, -0.15) is 0 Å². The summed E-state index contributed by atoms with van der Waals surface area (Å²) in [5.74, 6) is 0. The molecule has 0 heterocycles. The minimum atomic E-state index is -0.197. The molecule has 32 heavy (non-hydrogen) atoms. The second-order valence-electron chi connectivity index (χ2n) is 9.37. The number of hydrogen-bond acceptors (Lipinski definition) is 0. The van der Waals surface area contributed by atoms with E-state index in [-0.39, 0.29) is 5.41 Å². The minimum Gasteiger partial charge on any atom is -0.0745 e. The molecule has 4 aromatic carbocycles. The number of allylic oxidation sites excluding steroid dienone is 1. The maximum absolute atomic E-state index is 2.46. The standard InChI is InChI=1S/C32H30/c1-22-5-12-26(13-6-22)29-19-20-32(27-14-7-23(2)8-15-27,28-16-9-24(3)10-17-28)31-21-25(4)11-18-30(29)31/h5-19,21H,20H2,1-4H3. The van der Waals surface area contributed by atoms with Crippen LogP contribution in [0.3, 0.4) is 0 Å². The summed E-state index contributed by atoms with van der Waals surface area (Å²) in [4.78, 5) is 0. The van der Waals surface area contributed by atoms with Gasteiger partial charge in [0.2, 0.25) is 0 Å². The summed E-state index contributed by atoms with van der Waals surface area (Å²) in [5, 5.41) is 0. The average Bonchev–Trinajstić information content (AvgIpc) is 2.80. The Labute approximate surface area is 192 Å². The molecular formula is C32H30. The van der Waals surface area contributed by atoms with Crippen LogP contribution in [0.15, 0.2) is 97.1 Å². The Morgan fingerprint density at radius 2 is 1.00 bits per heavy atom. The lowest BCUT2D eigenvalue weighted by molar-refractivity contribution is 0.618. The summed E-state index contributed by atoms with van der Waals surface area (Å²) < 4.78 is 0. The highest BCUT2D eigenvalue weighted by Crippen LogP contribution is 2.50. The first-order valence-electron chi connectivity index (χ1n) is 11.5. The van der Waals surface area contributed by atoms with E-state index >= 15 is 0 Å². The van der Waals surface area contributed by atoms with E-state index in [4.69, 9.17) is 0 Å². The highest BCUT2D eigenvalue weighted by atomic mass is 14.4. The van der Waals surface area contributed by atoms with Crippen molar-refractivity contribution < 1.29 is 0 Å². The van der Waals surface area contributed by atoms with E-state index in [0.29, 0.717) is 0 Å². The van der Waals surface area contributed by atoms with Crippen molar-refractivity contribution >= 4 is 5.57 Å². The molecule has 1 aliphatic carbocycles. The third-order valence-corrected chi connectivity index (χ3v) is 6.99. The first-order chi connectivity index (χ1) is 15.5. The van der Waals surface area contributed by atoms with Crippen LogP contribution < -0.4 is 0 Å². The third kappa shape index (κ3) is 3.41. The van der Waals surface area contributed by atoms with Gasteiger partial charge in [-0.1, -0.05) is 119 Å². The first-order valence-corrected chi connectivity index (χ1v) is 11.5. The molecule has 158 valence electrons. The monoisotopic (exact) mass is 414 g/mol. The van der Waals surface area contributed by atoms with E-state index in [2.05, 4.69) is 125 Å².